The first kappa shape index (κ1) is 9.53. The minimum atomic E-state index is -0.283. The van der Waals surface area contributed by atoms with Gasteiger partial charge in [-0.2, -0.15) is 0 Å². The quantitative estimate of drug-likeness (QED) is 0.792. The van der Waals surface area contributed by atoms with Gasteiger partial charge in [-0.15, -0.1) is 0 Å². The molecule has 0 radical (unpaired) electrons. The molecule has 1 aromatic rings. The lowest BCUT2D eigenvalue weighted by Crippen LogP contribution is -2.19. The standard InChI is InChI=1S/C12H16O2/c1-9-4-2-3-5-12(9)14-8-11(13)10-6-7-10/h2-5,10-11,13H,6-8H2,1H3. The Kier molecular flexibility index (Phi) is 2.73. The van der Waals surface area contributed by atoms with Crippen LogP contribution >= 0.6 is 0 Å². The van der Waals surface area contributed by atoms with Crippen molar-refractivity contribution in [3.05, 3.63) is 29.8 Å². The average Bonchev–Trinajstić information content (AvgIpc) is 2.99. The molecule has 1 aliphatic rings. The second-order valence-electron chi connectivity index (χ2n) is 3.98. The molecule has 0 amide bonds. The van der Waals surface area contributed by atoms with Crippen LogP contribution in [-0.4, -0.2) is 17.8 Å². The summed E-state index contributed by atoms with van der Waals surface area (Å²) >= 11 is 0. The number of rotatable bonds is 4. The Labute approximate surface area is 84.5 Å². The maximum atomic E-state index is 9.62. The zero-order valence-corrected chi connectivity index (χ0v) is 8.44. The van der Waals surface area contributed by atoms with Gasteiger partial charge in [-0.05, 0) is 37.3 Å². The van der Waals surface area contributed by atoms with E-state index in [-0.39, 0.29) is 6.10 Å². The number of aliphatic hydroxyl groups is 1. The number of para-hydroxylation sites is 1. The molecule has 2 heteroatoms. The number of benzene rings is 1. The van der Waals surface area contributed by atoms with Crippen molar-refractivity contribution in [2.75, 3.05) is 6.61 Å². The maximum absolute atomic E-state index is 9.62. The van der Waals surface area contributed by atoms with Crippen molar-refractivity contribution in [2.45, 2.75) is 25.9 Å². The van der Waals surface area contributed by atoms with Crippen molar-refractivity contribution in [3.8, 4) is 5.75 Å². The smallest absolute Gasteiger partial charge is 0.122 e. The highest BCUT2D eigenvalue weighted by atomic mass is 16.5. The van der Waals surface area contributed by atoms with Crippen molar-refractivity contribution >= 4 is 0 Å². The largest absolute Gasteiger partial charge is 0.491 e. The van der Waals surface area contributed by atoms with E-state index in [0.717, 1.165) is 24.2 Å². The summed E-state index contributed by atoms with van der Waals surface area (Å²) in [6, 6.07) is 7.89. The molecule has 14 heavy (non-hydrogen) atoms. The maximum Gasteiger partial charge on any atom is 0.122 e. The summed E-state index contributed by atoms with van der Waals surface area (Å²) in [4.78, 5) is 0. The molecule has 1 saturated carbocycles. The van der Waals surface area contributed by atoms with Gasteiger partial charge in [0.15, 0.2) is 0 Å². The van der Waals surface area contributed by atoms with Crippen LogP contribution in [0.25, 0.3) is 0 Å². The van der Waals surface area contributed by atoms with Crippen molar-refractivity contribution in [3.63, 3.8) is 0 Å². The first-order chi connectivity index (χ1) is 6.77. The lowest BCUT2D eigenvalue weighted by atomic mass is 10.2. The molecule has 0 aliphatic heterocycles. The minimum absolute atomic E-state index is 0.283. The summed E-state index contributed by atoms with van der Waals surface area (Å²) in [5, 5.41) is 9.62. The average molecular weight is 192 g/mol. The predicted molar refractivity (Wildman–Crippen MR) is 55.4 cm³/mol. The third-order valence-electron chi connectivity index (χ3n) is 2.67. The second kappa shape index (κ2) is 4.01. The van der Waals surface area contributed by atoms with Crippen LogP contribution in [0.15, 0.2) is 24.3 Å². The molecule has 2 rings (SSSR count). The van der Waals surface area contributed by atoms with Gasteiger partial charge in [0.25, 0.3) is 0 Å². The lowest BCUT2D eigenvalue weighted by Gasteiger charge is -2.12. The van der Waals surface area contributed by atoms with Gasteiger partial charge < -0.3 is 9.84 Å². The minimum Gasteiger partial charge on any atom is -0.491 e. The molecule has 76 valence electrons. The molecule has 1 unspecified atom stereocenters. The molecular weight excluding hydrogens is 176 g/mol. The Morgan fingerprint density at radius 2 is 2.14 bits per heavy atom. The Balaban J connectivity index is 1.87. The molecule has 0 bridgehead atoms. The number of aliphatic hydroxyl groups excluding tert-OH is 1. The fourth-order valence-corrected chi connectivity index (χ4v) is 1.51. The van der Waals surface area contributed by atoms with Gasteiger partial charge in [0.05, 0.1) is 6.10 Å². The summed E-state index contributed by atoms with van der Waals surface area (Å²) in [7, 11) is 0. The van der Waals surface area contributed by atoms with E-state index in [1.165, 1.54) is 0 Å². The van der Waals surface area contributed by atoms with E-state index < -0.39 is 0 Å². The van der Waals surface area contributed by atoms with Gasteiger partial charge in [-0.1, -0.05) is 18.2 Å². The zero-order chi connectivity index (χ0) is 9.97. The van der Waals surface area contributed by atoms with Crippen LogP contribution in [0.2, 0.25) is 0 Å². The number of hydrogen-bond acceptors (Lipinski definition) is 2. The summed E-state index contributed by atoms with van der Waals surface area (Å²) in [6.07, 6.45) is 2.02. The summed E-state index contributed by atoms with van der Waals surface area (Å²) in [5.41, 5.74) is 1.12. The van der Waals surface area contributed by atoms with E-state index in [1.807, 2.05) is 31.2 Å². The molecule has 0 spiro atoms. The summed E-state index contributed by atoms with van der Waals surface area (Å²) in [6.45, 7) is 2.44. The molecule has 1 atom stereocenters. The van der Waals surface area contributed by atoms with Crippen LogP contribution in [-0.2, 0) is 0 Å². The fourth-order valence-electron chi connectivity index (χ4n) is 1.51. The Bertz CT molecular complexity index is 305. The monoisotopic (exact) mass is 192 g/mol. The Hall–Kier alpha value is -1.02. The van der Waals surface area contributed by atoms with Crippen LogP contribution in [0, 0.1) is 12.8 Å². The van der Waals surface area contributed by atoms with Crippen LogP contribution in [0.3, 0.4) is 0 Å². The third kappa shape index (κ3) is 2.26. The van der Waals surface area contributed by atoms with Crippen molar-refractivity contribution in [1.82, 2.24) is 0 Å². The van der Waals surface area contributed by atoms with Gasteiger partial charge in [-0.3, -0.25) is 0 Å². The van der Waals surface area contributed by atoms with Crippen molar-refractivity contribution in [1.29, 1.82) is 0 Å². The van der Waals surface area contributed by atoms with Crippen LogP contribution in [0.4, 0.5) is 0 Å². The molecule has 1 aliphatic carbocycles. The molecule has 0 heterocycles. The summed E-state index contributed by atoms with van der Waals surface area (Å²) < 4.78 is 5.55. The Morgan fingerprint density at radius 3 is 2.79 bits per heavy atom. The van der Waals surface area contributed by atoms with Crippen LogP contribution in [0.5, 0.6) is 5.75 Å². The Morgan fingerprint density at radius 1 is 1.43 bits per heavy atom. The van der Waals surface area contributed by atoms with E-state index in [4.69, 9.17) is 4.74 Å². The summed E-state index contributed by atoms with van der Waals surface area (Å²) in [5.74, 6) is 1.37. The fraction of sp³-hybridized carbons (Fsp3) is 0.500. The molecule has 0 aromatic heterocycles. The van der Waals surface area contributed by atoms with Crippen molar-refractivity contribution < 1.29 is 9.84 Å². The number of hydrogen-bond donors (Lipinski definition) is 1. The highest BCUT2D eigenvalue weighted by Gasteiger charge is 2.30. The van der Waals surface area contributed by atoms with Gasteiger partial charge in [-0.25, -0.2) is 0 Å². The second-order valence-corrected chi connectivity index (χ2v) is 3.98. The van der Waals surface area contributed by atoms with Crippen LogP contribution < -0.4 is 4.74 Å². The normalized spacial score (nSPS) is 17.9. The molecule has 2 nitrogen and oxygen atoms in total. The first-order valence-electron chi connectivity index (χ1n) is 5.14. The van der Waals surface area contributed by atoms with Gasteiger partial charge in [0.1, 0.15) is 12.4 Å². The number of ether oxygens (including phenoxy) is 1. The topological polar surface area (TPSA) is 29.5 Å². The van der Waals surface area contributed by atoms with Crippen molar-refractivity contribution in [2.24, 2.45) is 5.92 Å². The molecule has 1 N–H and O–H groups in total. The highest BCUT2D eigenvalue weighted by Crippen LogP contribution is 2.32. The van der Waals surface area contributed by atoms with E-state index in [1.54, 1.807) is 0 Å². The van der Waals surface area contributed by atoms with E-state index >= 15 is 0 Å². The van der Waals surface area contributed by atoms with Gasteiger partial charge in [0, 0.05) is 0 Å². The van der Waals surface area contributed by atoms with Gasteiger partial charge >= 0.3 is 0 Å². The highest BCUT2D eigenvalue weighted by molar-refractivity contribution is 5.31. The third-order valence-corrected chi connectivity index (χ3v) is 2.67. The molecule has 1 fully saturated rings. The zero-order valence-electron chi connectivity index (χ0n) is 8.44. The van der Waals surface area contributed by atoms with E-state index in [2.05, 4.69) is 0 Å². The lowest BCUT2D eigenvalue weighted by molar-refractivity contribution is 0.0891. The predicted octanol–water partition coefficient (Wildman–Crippen LogP) is 2.14. The van der Waals surface area contributed by atoms with Crippen LogP contribution in [0.1, 0.15) is 18.4 Å². The van der Waals surface area contributed by atoms with E-state index in [9.17, 15) is 5.11 Å². The molecule has 0 saturated heterocycles. The molecule has 1 aromatic carbocycles. The molecular formula is C12H16O2. The van der Waals surface area contributed by atoms with E-state index in [0.29, 0.717) is 12.5 Å². The first-order valence-corrected chi connectivity index (χ1v) is 5.14. The van der Waals surface area contributed by atoms with Gasteiger partial charge in [0.2, 0.25) is 0 Å². The number of aryl methyl sites for hydroxylation is 1. The SMILES string of the molecule is Cc1ccccc1OCC(O)C1CC1.